The molecule has 2 aromatic rings. The molecule has 2 aliphatic rings. The number of hydrogen-bond donors (Lipinski definition) is 3. The van der Waals surface area contributed by atoms with Crippen LogP contribution in [0, 0.1) is 11.8 Å². The van der Waals surface area contributed by atoms with Crippen LogP contribution in [0.2, 0.25) is 0 Å². The molecule has 4 rings (SSSR count). The third-order valence-electron chi connectivity index (χ3n) is 4.94. The first-order valence-corrected chi connectivity index (χ1v) is 9.29. The monoisotopic (exact) mass is 365 g/mol. The average molecular weight is 365 g/mol. The van der Waals surface area contributed by atoms with Crippen LogP contribution in [0.25, 0.3) is 11.0 Å². The fraction of sp³-hybridized carbons (Fsp3) is 0.350. The number of allylic oxidation sites excluding steroid dienone is 2. The topological polar surface area (TPSA) is 94.4 Å². The van der Waals surface area contributed by atoms with E-state index in [0.29, 0.717) is 22.8 Å². The lowest BCUT2D eigenvalue weighted by atomic mass is 10.0. The van der Waals surface area contributed by atoms with E-state index in [4.69, 9.17) is 0 Å². The van der Waals surface area contributed by atoms with Crippen molar-refractivity contribution in [3.8, 4) is 0 Å². The zero-order valence-corrected chi connectivity index (χ0v) is 15.5. The summed E-state index contributed by atoms with van der Waals surface area (Å²) in [5.41, 5.74) is 5.86. The molecule has 3 heterocycles. The molecule has 1 atom stereocenters. The first-order valence-electron chi connectivity index (χ1n) is 9.29. The molecule has 0 radical (unpaired) electrons. The van der Waals surface area contributed by atoms with Crippen LogP contribution in [0.4, 0.5) is 5.82 Å². The predicted molar refractivity (Wildman–Crippen MR) is 100 cm³/mol. The number of quaternary nitrogens is 1. The second kappa shape index (κ2) is 7.00. The first kappa shape index (κ1) is 17.5. The molecule has 1 saturated carbocycles. The molecule has 7 nitrogen and oxygen atoms in total. The van der Waals surface area contributed by atoms with Crippen LogP contribution in [-0.4, -0.2) is 22.5 Å². The summed E-state index contributed by atoms with van der Waals surface area (Å²) in [5.74, 6) is 1.59. The number of carboxylic acid groups (broad SMARTS) is 1. The molecule has 0 amide bonds. The quantitative estimate of drug-likeness (QED) is 0.694. The molecule has 1 unspecified atom stereocenters. The van der Waals surface area contributed by atoms with E-state index in [9.17, 15) is 9.90 Å². The molecular weight excluding hydrogens is 342 g/mol. The summed E-state index contributed by atoms with van der Waals surface area (Å²) in [6.45, 7) is 5.34. The van der Waals surface area contributed by atoms with Crippen LogP contribution in [0.1, 0.15) is 37.0 Å². The molecular formula is C20H23N5O2. The minimum Gasteiger partial charge on any atom is -0.545 e. The van der Waals surface area contributed by atoms with Crippen molar-refractivity contribution in [2.45, 2.75) is 26.7 Å². The van der Waals surface area contributed by atoms with E-state index in [1.165, 1.54) is 35.7 Å². The SMILES string of the molecule is CC(C)C1=CN[NH+](CC2CC2)C(Nc2ccc3ncc(C(=O)[O-])cc3n2)=C1. The van der Waals surface area contributed by atoms with Crippen molar-refractivity contribution in [1.82, 2.24) is 15.4 Å². The van der Waals surface area contributed by atoms with Gasteiger partial charge in [-0.3, -0.25) is 10.3 Å². The zero-order valence-electron chi connectivity index (χ0n) is 15.5. The Morgan fingerprint density at radius 3 is 2.89 bits per heavy atom. The molecule has 3 N–H and O–H groups in total. The van der Waals surface area contributed by atoms with Gasteiger partial charge in [-0.2, -0.15) is 5.01 Å². The van der Waals surface area contributed by atoms with Crippen LogP contribution < -0.4 is 20.9 Å². The van der Waals surface area contributed by atoms with Crippen LogP contribution in [0.5, 0.6) is 0 Å². The number of carbonyl (C=O) groups excluding carboxylic acids is 1. The Labute approximate surface area is 157 Å². The molecule has 0 bridgehead atoms. The summed E-state index contributed by atoms with van der Waals surface area (Å²) in [7, 11) is 0. The molecule has 2 aromatic heterocycles. The molecule has 7 heteroatoms. The van der Waals surface area contributed by atoms with Gasteiger partial charge in [-0.15, -0.1) is 0 Å². The number of carbonyl (C=O) groups is 1. The standard InChI is InChI=1S/C20H23N5O2/c1-12(2)14-8-19(25(22-10-14)11-13-3-4-13)24-18-6-5-16-17(23-18)7-15(9-21-16)20(26)27/h5-10,12-13,22H,3-4,11H2,1-2H3,(H,23,24)(H,26,27). The number of aromatic nitrogens is 2. The largest absolute Gasteiger partial charge is 0.545 e. The smallest absolute Gasteiger partial charge is 0.230 e. The van der Waals surface area contributed by atoms with E-state index >= 15 is 0 Å². The van der Waals surface area contributed by atoms with Crippen molar-refractivity contribution < 1.29 is 14.9 Å². The lowest BCUT2D eigenvalue weighted by molar-refractivity contribution is -0.903. The number of rotatable bonds is 6. The summed E-state index contributed by atoms with van der Waals surface area (Å²) < 4.78 is 0. The minimum absolute atomic E-state index is 0.0247. The summed E-state index contributed by atoms with van der Waals surface area (Å²) in [6, 6.07) is 5.18. The molecule has 0 aromatic carbocycles. The van der Waals surface area contributed by atoms with E-state index in [1.54, 1.807) is 0 Å². The molecule has 0 saturated heterocycles. The molecule has 27 heavy (non-hydrogen) atoms. The van der Waals surface area contributed by atoms with Crippen molar-refractivity contribution in [1.29, 1.82) is 0 Å². The van der Waals surface area contributed by atoms with Gasteiger partial charge in [0.05, 0.1) is 23.2 Å². The minimum atomic E-state index is -1.25. The number of nitrogens with one attached hydrogen (secondary N) is 3. The number of aromatic carboxylic acids is 1. The first-order chi connectivity index (χ1) is 13.0. The van der Waals surface area contributed by atoms with Gasteiger partial charge in [-0.25, -0.2) is 10.4 Å². The maximum absolute atomic E-state index is 11.1. The van der Waals surface area contributed by atoms with Gasteiger partial charge in [0, 0.05) is 23.8 Å². The summed E-state index contributed by atoms with van der Waals surface area (Å²) in [6.07, 6.45) is 8.11. The fourth-order valence-corrected chi connectivity index (χ4v) is 3.09. The van der Waals surface area contributed by atoms with Crippen LogP contribution in [0.3, 0.4) is 0 Å². The Balaban J connectivity index is 1.62. The number of fused-ring (bicyclic) bond motifs is 1. The van der Waals surface area contributed by atoms with E-state index < -0.39 is 5.97 Å². The summed E-state index contributed by atoms with van der Waals surface area (Å²) in [4.78, 5) is 19.8. The van der Waals surface area contributed by atoms with Gasteiger partial charge < -0.3 is 9.90 Å². The van der Waals surface area contributed by atoms with Crippen molar-refractivity contribution in [2.24, 2.45) is 11.8 Å². The Kier molecular flexibility index (Phi) is 4.53. The zero-order chi connectivity index (χ0) is 19.0. The average Bonchev–Trinajstić information content (AvgIpc) is 3.46. The third kappa shape index (κ3) is 3.93. The van der Waals surface area contributed by atoms with Crippen molar-refractivity contribution in [2.75, 3.05) is 11.9 Å². The number of anilines is 1. The Hall–Kier alpha value is -2.93. The lowest BCUT2D eigenvalue weighted by Crippen LogP contribution is -3.17. The van der Waals surface area contributed by atoms with Gasteiger partial charge in [0.25, 0.3) is 0 Å². The molecule has 1 aliphatic heterocycles. The Morgan fingerprint density at radius 1 is 1.37 bits per heavy atom. The Bertz CT molecular complexity index is 947. The van der Waals surface area contributed by atoms with E-state index in [2.05, 4.69) is 46.8 Å². The third-order valence-corrected chi connectivity index (χ3v) is 4.94. The lowest BCUT2D eigenvalue weighted by Gasteiger charge is -2.26. The van der Waals surface area contributed by atoms with Gasteiger partial charge in [-0.1, -0.05) is 13.8 Å². The van der Waals surface area contributed by atoms with Gasteiger partial charge in [0.1, 0.15) is 12.4 Å². The number of nitrogens with zero attached hydrogens (tertiary/aromatic N) is 2. The summed E-state index contributed by atoms with van der Waals surface area (Å²) in [5, 5.41) is 15.7. The number of pyridine rings is 2. The molecule has 1 fully saturated rings. The maximum atomic E-state index is 11.1. The highest BCUT2D eigenvalue weighted by atomic mass is 16.4. The van der Waals surface area contributed by atoms with Crippen molar-refractivity contribution >= 4 is 22.8 Å². The van der Waals surface area contributed by atoms with E-state index in [0.717, 1.165) is 18.3 Å². The second-order valence-electron chi connectivity index (χ2n) is 7.50. The van der Waals surface area contributed by atoms with Gasteiger partial charge >= 0.3 is 0 Å². The number of carboxylic acids is 1. The number of hydrogen-bond acceptors (Lipinski definition) is 6. The highest BCUT2D eigenvalue weighted by molar-refractivity contribution is 5.90. The highest BCUT2D eigenvalue weighted by Crippen LogP contribution is 2.27. The second-order valence-corrected chi connectivity index (χ2v) is 7.50. The Morgan fingerprint density at radius 2 is 2.19 bits per heavy atom. The van der Waals surface area contributed by atoms with E-state index in [-0.39, 0.29) is 5.56 Å². The summed E-state index contributed by atoms with van der Waals surface area (Å²) >= 11 is 0. The fourth-order valence-electron chi connectivity index (χ4n) is 3.09. The molecule has 1 aliphatic carbocycles. The van der Waals surface area contributed by atoms with Gasteiger partial charge in [-0.05, 0) is 42.5 Å². The molecule has 140 valence electrons. The normalized spacial score (nSPS) is 19.4. The molecule has 0 spiro atoms. The highest BCUT2D eigenvalue weighted by Gasteiger charge is 2.31. The van der Waals surface area contributed by atoms with Gasteiger partial charge in [0.2, 0.25) is 5.82 Å². The van der Waals surface area contributed by atoms with Crippen molar-refractivity contribution in [3.05, 3.63) is 53.6 Å². The van der Waals surface area contributed by atoms with E-state index in [1.807, 2.05) is 12.1 Å². The van der Waals surface area contributed by atoms with Gasteiger partial charge in [0.15, 0.2) is 0 Å². The van der Waals surface area contributed by atoms with Crippen molar-refractivity contribution in [3.63, 3.8) is 0 Å². The van der Waals surface area contributed by atoms with Crippen LogP contribution >= 0.6 is 0 Å². The maximum Gasteiger partial charge on any atom is 0.230 e. The van der Waals surface area contributed by atoms with Crippen LogP contribution in [-0.2, 0) is 0 Å². The van der Waals surface area contributed by atoms with Crippen LogP contribution in [0.15, 0.2) is 48.1 Å². The predicted octanol–water partition coefficient (Wildman–Crippen LogP) is 0.600.